The first kappa shape index (κ1) is 19.0. The Morgan fingerprint density at radius 1 is 1.30 bits per heavy atom. The Labute approximate surface area is 142 Å². The lowest BCUT2D eigenvalue weighted by Crippen LogP contribution is -2.45. The van der Waals surface area contributed by atoms with Crippen molar-refractivity contribution >= 4 is 7.12 Å². The van der Waals surface area contributed by atoms with Gasteiger partial charge in [-0.25, -0.2) is 0 Å². The lowest BCUT2D eigenvalue weighted by Gasteiger charge is -2.37. The fraction of sp³-hybridized carbons (Fsp3) is 0.889. The smallest absolute Gasteiger partial charge is 0.407 e. The van der Waals surface area contributed by atoms with Gasteiger partial charge in [0, 0.05) is 31.3 Å². The molecule has 0 aromatic rings. The molecule has 1 atom stereocenters. The normalized spacial score (nSPS) is 23.7. The average Bonchev–Trinajstić information content (AvgIpc) is 2.59. The van der Waals surface area contributed by atoms with Crippen LogP contribution in [0.3, 0.4) is 0 Å². The van der Waals surface area contributed by atoms with Gasteiger partial charge < -0.3 is 14.0 Å². The Kier molecular flexibility index (Phi) is 7.60. The van der Waals surface area contributed by atoms with Crippen molar-refractivity contribution in [2.24, 2.45) is 0 Å². The summed E-state index contributed by atoms with van der Waals surface area (Å²) in [4.78, 5) is 2.58. The summed E-state index contributed by atoms with van der Waals surface area (Å²) in [6.07, 6.45) is 7.77. The quantitative estimate of drug-likeness (QED) is 0.640. The Balaban J connectivity index is 1.94. The summed E-state index contributed by atoms with van der Waals surface area (Å²) >= 11 is 0. The molecule has 0 N–H and O–H groups in total. The summed E-state index contributed by atoms with van der Waals surface area (Å²) in [7, 11) is -0.171. The molecule has 5 heteroatoms. The van der Waals surface area contributed by atoms with E-state index in [-0.39, 0.29) is 12.7 Å². The van der Waals surface area contributed by atoms with Crippen molar-refractivity contribution in [1.82, 2.24) is 4.90 Å². The van der Waals surface area contributed by atoms with Crippen molar-refractivity contribution in [3.63, 3.8) is 0 Å². The Bertz CT molecular complexity index is 380. The molecular formula is C18H34BNO3. The summed E-state index contributed by atoms with van der Waals surface area (Å²) in [5.41, 5.74) is 1.20. The first-order valence-corrected chi connectivity index (χ1v) is 9.36. The molecule has 1 unspecified atom stereocenters. The highest BCUT2D eigenvalue weighted by atomic mass is 16.6. The molecule has 1 aliphatic carbocycles. The van der Waals surface area contributed by atoms with Crippen molar-refractivity contribution in [3.05, 3.63) is 11.5 Å². The van der Waals surface area contributed by atoms with Crippen LogP contribution < -0.4 is 0 Å². The average molecular weight is 323 g/mol. The maximum atomic E-state index is 6.29. The molecule has 1 aliphatic heterocycles. The zero-order valence-electron chi connectivity index (χ0n) is 15.5. The van der Waals surface area contributed by atoms with E-state index in [0.717, 1.165) is 58.6 Å². The van der Waals surface area contributed by atoms with Crippen molar-refractivity contribution in [2.75, 3.05) is 32.9 Å². The van der Waals surface area contributed by atoms with Gasteiger partial charge in [-0.15, -0.1) is 0 Å². The van der Waals surface area contributed by atoms with E-state index in [1.54, 1.807) is 0 Å². The molecule has 0 saturated carbocycles. The molecule has 0 spiro atoms. The van der Waals surface area contributed by atoms with Crippen molar-refractivity contribution in [2.45, 2.75) is 71.4 Å². The Morgan fingerprint density at radius 2 is 2.04 bits per heavy atom. The summed E-state index contributed by atoms with van der Waals surface area (Å²) in [5.74, 6) is 0. The minimum atomic E-state index is -0.171. The lowest BCUT2D eigenvalue weighted by molar-refractivity contribution is 0.0142. The van der Waals surface area contributed by atoms with Gasteiger partial charge in [-0.1, -0.05) is 19.9 Å². The molecule has 1 saturated heterocycles. The highest BCUT2D eigenvalue weighted by Gasteiger charge is 2.33. The first-order chi connectivity index (χ1) is 11.1. The number of ether oxygens (including phenoxy) is 1. The molecule has 0 radical (unpaired) electrons. The van der Waals surface area contributed by atoms with Crippen molar-refractivity contribution in [1.29, 1.82) is 0 Å². The Hall–Kier alpha value is -0.355. The van der Waals surface area contributed by atoms with E-state index in [1.165, 1.54) is 11.9 Å². The predicted molar refractivity (Wildman–Crippen MR) is 95.6 cm³/mol. The molecule has 0 aromatic heterocycles. The first-order valence-electron chi connectivity index (χ1n) is 9.36. The van der Waals surface area contributed by atoms with Gasteiger partial charge in [-0.3, -0.25) is 4.90 Å². The van der Waals surface area contributed by atoms with E-state index < -0.39 is 0 Å². The molecule has 0 aromatic carbocycles. The van der Waals surface area contributed by atoms with Gasteiger partial charge in [-0.05, 0) is 51.4 Å². The second-order valence-electron chi connectivity index (χ2n) is 7.29. The fourth-order valence-corrected chi connectivity index (χ4v) is 3.14. The van der Waals surface area contributed by atoms with E-state index >= 15 is 0 Å². The van der Waals surface area contributed by atoms with Crippen LogP contribution in [0.5, 0.6) is 0 Å². The van der Waals surface area contributed by atoms with Crippen LogP contribution in [-0.4, -0.2) is 56.6 Å². The minimum absolute atomic E-state index is 0.139. The summed E-state index contributed by atoms with van der Waals surface area (Å²) in [6.45, 7) is 13.3. The van der Waals surface area contributed by atoms with Crippen LogP contribution in [0.15, 0.2) is 11.5 Å². The number of hydrogen-bond acceptors (Lipinski definition) is 4. The van der Waals surface area contributed by atoms with Gasteiger partial charge in [0.05, 0.1) is 13.2 Å². The second kappa shape index (κ2) is 9.21. The van der Waals surface area contributed by atoms with Crippen LogP contribution in [0.1, 0.15) is 59.8 Å². The lowest BCUT2D eigenvalue weighted by atomic mass is 9.70. The van der Waals surface area contributed by atoms with Gasteiger partial charge >= 0.3 is 7.12 Å². The van der Waals surface area contributed by atoms with Crippen LogP contribution in [0.25, 0.3) is 0 Å². The van der Waals surface area contributed by atoms with Gasteiger partial charge in [0.15, 0.2) is 0 Å². The number of nitrogens with zero attached hydrogens (tertiary/aromatic N) is 1. The van der Waals surface area contributed by atoms with E-state index in [1.807, 2.05) is 0 Å². The van der Waals surface area contributed by atoms with Crippen LogP contribution >= 0.6 is 0 Å². The van der Waals surface area contributed by atoms with E-state index in [9.17, 15) is 0 Å². The van der Waals surface area contributed by atoms with Crippen molar-refractivity contribution < 1.29 is 14.0 Å². The van der Waals surface area contributed by atoms with Crippen LogP contribution in [-0.2, 0) is 14.0 Å². The van der Waals surface area contributed by atoms with E-state index in [0.29, 0.717) is 6.04 Å². The third-order valence-corrected chi connectivity index (χ3v) is 5.03. The topological polar surface area (TPSA) is 30.9 Å². The second-order valence-corrected chi connectivity index (χ2v) is 7.29. The minimum Gasteiger partial charge on any atom is -0.407 e. The summed E-state index contributed by atoms with van der Waals surface area (Å²) in [5, 5.41) is 0. The van der Waals surface area contributed by atoms with Gasteiger partial charge in [0.25, 0.3) is 0 Å². The van der Waals surface area contributed by atoms with Crippen LogP contribution in [0.2, 0.25) is 0 Å². The van der Waals surface area contributed by atoms with E-state index in [2.05, 4.69) is 38.7 Å². The monoisotopic (exact) mass is 323 g/mol. The Morgan fingerprint density at radius 3 is 2.61 bits per heavy atom. The molecule has 0 bridgehead atoms. The summed E-state index contributed by atoms with van der Waals surface area (Å²) in [6, 6.07) is 0.661. The number of hydrogen-bond donors (Lipinski definition) is 0. The summed E-state index contributed by atoms with van der Waals surface area (Å²) < 4.78 is 17.8. The predicted octanol–water partition coefficient (Wildman–Crippen LogP) is 3.46. The maximum Gasteiger partial charge on any atom is 0.489 e. The van der Waals surface area contributed by atoms with E-state index in [4.69, 9.17) is 14.0 Å². The zero-order valence-corrected chi connectivity index (χ0v) is 15.5. The molecule has 0 amide bonds. The molecular weight excluding hydrogens is 289 g/mol. The fourth-order valence-electron chi connectivity index (χ4n) is 3.14. The number of allylic oxidation sites excluding steroid dienone is 1. The molecule has 4 nitrogen and oxygen atoms in total. The maximum absolute atomic E-state index is 6.29. The third-order valence-electron chi connectivity index (χ3n) is 5.03. The molecule has 1 fully saturated rings. The van der Waals surface area contributed by atoms with Gasteiger partial charge in [0.1, 0.15) is 0 Å². The van der Waals surface area contributed by atoms with Crippen LogP contribution in [0, 0.1) is 0 Å². The van der Waals surface area contributed by atoms with Crippen molar-refractivity contribution in [3.8, 4) is 0 Å². The molecule has 132 valence electrons. The number of rotatable bonds is 8. The largest absolute Gasteiger partial charge is 0.489 e. The zero-order chi connectivity index (χ0) is 16.7. The molecule has 2 aliphatic rings. The highest BCUT2D eigenvalue weighted by Crippen LogP contribution is 2.28. The van der Waals surface area contributed by atoms with Gasteiger partial charge in [0.2, 0.25) is 0 Å². The SMILES string of the molecule is CCCOB(OC(C)(C)CC)C1=CCC(N2CCOCC2)CC1. The standard InChI is InChI=1S/C18H34BNO3/c1-5-13-22-19(23-18(3,4)6-2)16-7-9-17(10-8-16)20-11-14-21-15-12-20/h7,17H,5-6,8-15H2,1-4H3. The third kappa shape index (κ3) is 5.89. The van der Waals surface area contributed by atoms with Crippen LogP contribution in [0.4, 0.5) is 0 Å². The molecule has 2 rings (SSSR count). The molecule has 23 heavy (non-hydrogen) atoms. The number of morpholine rings is 1. The van der Waals surface area contributed by atoms with Gasteiger partial charge in [-0.2, -0.15) is 0 Å². The highest BCUT2D eigenvalue weighted by molar-refractivity contribution is 6.53. The molecule has 1 heterocycles.